The number of halogens is 1. The highest BCUT2D eigenvalue weighted by Gasteiger charge is 2.27. The summed E-state index contributed by atoms with van der Waals surface area (Å²) < 4.78 is 24.6. The lowest BCUT2D eigenvalue weighted by molar-refractivity contribution is -0.384. The Morgan fingerprint density at radius 2 is 2.10 bits per heavy atom. The van der Waals surface area contributed by atoms with Crippen molar-refractivity contribution >= 4 is 38.0 Å². The molecule has 2 aromatic rings. The molecule has 0 aliphatic carbocycles. The molecule has 1 atom stereocenters. The van der Waals surface area contributed by atoms with E-state index in [2.05, 4.69) is 9.97 Å². The van der Waals surface area contributed by atoms with Crippen LogP contribution in [0.15, 0.2) is 29.6 Å². The van der Waals surface area contributed by atoms with Gasteiger partial charge in [-0.15, -0.1) is 11.6 Å². The second kappa shape index (κ2) is 5.29. The van der Waals surface area contributed by atoms with Gasteiger partial charge in [0, 0.05) is 23.4 Å². The van der Waals surface area contributed by atoms with E-state index in [4.69, 9.17) is 11.6 Å². The summed E-state index contributed by atoms with van der Waals surface area (Å²) in [6, 6.07) is 3.80. The minimum atomic E-state index is -3.76. The van der Waals surface area contributed by atoms with Crippen LogP contribution >= 0.6 is 11.6 Å². The van der Waals surface area contributed by atoms with E-state index in [9.17, 15) is 18.5 Å². The van der Waals surface area contributed by atoms with Gasteiger partial charge in [0.05, 0.1) is 15.7 Å². The predicted molar refractivity (Wildman–Crippen MR) is 73.6 cm³/mol. The molecule has 0 saturated heterocycles. The quantitative estimate of drug-likeness (QED) is 0.369. The number of hydrogen-bond donors (Lipinski definition) is 0. The highest BCUT2D eigenvalue weighted by atomic mass is 35.5. The van der Waals surface area contributed by atoms with Gasteiger partial charge >= 0.3 is 0 Å². The van der Waals surface area contributed by atoms with Crippen LogP contribution in [0.25, 0.3) is 10.9 Å². The van der Waals surface area contributed by atoms with Crippen molar-refractivity contribution in [2.24, 2.45) is 0 Å². The molecule has 1 aromatic carbocycles. The molecule has 0 aliphatic rings. The second-order valence-corrected chi connectivity index (χ2v) is 6.74. The van der Waals surface area contributed by atoms with Crippen LogP contribution in [0.4, 0.5) is 5.69 Å². The van der Waals surface area contributed by atoms with Crippen LogP contribution in [0.5, 0.6) is 0 Å². The predicted octanol–water partition coefficient (Wildman–Crippen LogP) is 1.94. The molecule has 7 nitrogen and oxygen atoms in total. The summed E-state index contributed by atoms with van der Waals surface area (Å²) in [5.74, 6) is -0.0945. The number of hydrogen-bond acceptors (Lipinski definition) is 6. The minimum absolute atomic E-state index is 0.0945. The van der Waals surface area contributed by atoms with Gasteiger partial charge in [-0.3, -0.25) is 10.1 Å². The third kappa shape index (κ3) is 2.44. The molecule has 1 unspecified atom stereocenters. The van der Waals surface area contributed by atoms with E-state index < -0.39 is 20.0 Å². The lowest BCUT2D eigenvalue weighted by atomic mass is 10.2. The lowest BCUT2D eigenvalue weighted by Crippen LogP contribution is -2.21. The fourth-order valence-corrected chi connectivity index (χ4v) is 3.34. The number of fused-ring (bicyclic) bond motifs is 1. The number of non-ortho nitro benzene ring substituents is 1. The molecule has 0 bridgehead atoms. The van der Waals surface area contributed by atoms with E-state index >= 15 is 0 Å². The molecule has 0 aliphatic heterocycles. The Morgan fingerprint density at radius 1 is 1.40 bits per heavy atom. The second-order valence-electron chi connectivity index (χ2n) is 4.15. The third-order valence-corrected chi connectivity index (χ3v) is 5.55. The number of sulfone groups is 1. The van der Waals surface area contributed by atoms with Crippen LogP contribution in [0.2, 0.25) is 0 Å². The minimum Gasteiger partial charge on any atom is -0.258 e. The van der Waals surface area contributed by atoms with Crippen LogP contribution in [0.1, 0.15) is 6.92 Å². The fraction of sp³-hybridized carbons (Fsp3) is 0.273. The maximum atomic E-state index is 12.3. The summed E-state index contributed by atoms with van der Waals surface area (Å²) in [6.45, 7) is 1.45. The molecular weight excluding hydrogens is 306 g/mol. The Balaban J connectivity index is 2.77. The first-order valence-corrected chi connectivity index (χ1v) is 7.65. The van der Waals surface area contributed by atoms with Gasteiger partial charge in [-0.25, -0.2) is 18.4 Å². The normalized spacial score (nSPS) is 13.3. The molecular formula is C11H10ClN3O4S. The maximum absolute atomic E-state index is 12.3. The van der Waals surface area contributed by atoms with Gasteiger partial charge in [-0.2, -0.15) is 0 Å². The van der Waals surface area contributed by atoms with E-state index in [-0.39, 0.29) is 22.0 Å². The molecule has 0 amide bonds. The van der Waals surface area contributed by atoms with Crippen molar-refractivity contribution in [3.05, 3.63) is 34.6 Å². The van der Waals surface area contributed by atoms with Crippen LogP contribution in [0, 0.1) is 10.1 Å². The highest BCUT2D eigenvalue weighted by molar-refractivity contribution is 7.92. The summed E-state index contributed by atoms with van der Waals surface area (Å²) in [7, 11) is -3.76. The number of nitro benzene ring substituents is 1. The number of aromatic nitrogens is 2. The van der Waals surface area contributed by atoms with Crippen molar-refractivity contribution in [1.82, 2.24) is 9.97 Å². The molecule has 0 fully saturated rings. The van der Waals surface area contributed by atoms with Gasteiger partial charge in [-0.05, 0) is 13.0 Å². The Bertz CT molecular complexity index is 778. The molecule has 0 radical (unpaired) electrons. The summed E-state index contributed by atoms with van der Waals surface area (Å²) in [4.78, 5) is 17.9. The van der Waals surface area contributed by atoms with Crippen molar-refractivity contribution in [2.45, 2.75) is 17.2 Å². The lowest BCUT2D eigenvalue weighted by Gasteiger charge is -2.10. The molecule has 9 heteroatoms. The standard InChI is InChI=1S/C11H10ClN3O4S/c1-7(5-12)20(18,19)11-9-4-8(15(16)17)2-3-10(9)13-6-14-11/h2-4,6-7H,5H2,1H3. The van der Waals surface area contributed by atoms with E-state index in [0.29, 0.717) is 5.52 Å². The van der Waals surface area contributed by atoms with Gasteiger partial charge < -0.3 is 0 Å². The molecule has 1 aromatic heterocycles. The van der Waals surface area contributed by atoms with Gasteiger partial charge in [-0.1, -0.05) is 0 Å². The summed E-state index contributed by atoms with van der Waals surface area (Å²) in [5, 5.41) is 9.83. The summed E-state index contributed by atoms with van der Waals surface area (Å²) >= 11 is 5.59. The largest absolute Gasteiger partial charge is 0.270 e. The van der Waals surface area contributed by atoms with Crippen molar-refractivity contribution in [2.75, 3.05) is 5.88 Å². The van der Waals surface area contributed by atoms with E-state index in [0.717, 1.165) is 12.4 Å². The van der Waals surface area contributed by atoms with Crippen molar-refractivity contribution in [1.29, 1.82) is 0 Å². The summed E-state index contributed by atoms with van der Waals surface area (Å²) in [5.41, 5.74) is 0.105. The Labute approximate surface area is 119 Å². The topological polar surface area (TPSA) is 103 Å². The van der Waals surface area contributed by atoms with Gasteiger partial charge in [0.1, 0.15) is 6.33 Å². The van der Waals surface area contributed by atoms with Crippen LogP contribution in [-0.2, 0) is 9.84 Å². The van der Waals surface area contributed by atoms with E-state index in [1.54, 1.807) is 0 Å². The number of alkyl halides is 1. The first-order chi connectivity index (χ1) is 9.37. The van der Waals surface area contributed by atoms with Gasteiger partial charge in [0.2, 0.25) is 0 Å². The molecule has 20 heavy (non-hydrogen) atoms. The number of nitrogens with zero attached hydrogens (tertiary/aromatic N) is 3. The molecule has 0 saturated carbocycles. The van der Waals surface area contributed by atoms with Crippen molar-refractivity contribution in [3.63, 3.8) is 0 Å². The molecule has 106 valence electrons. The van der Waals surface area contributed by atoms with E-state index in [1.807, 2.05) is 0 Å². The van der Waals surface area contributed by atoms with Crippen LogP contribution in [0.3, 0.4) is 0 Å². The zero-order valence-electron chi connectivity index (χ0n) is 10.4. The number of nitro groups is 1. The molecule has 0 spiro atoms. The Hall–Kier alpha value is -1.80. The van der Waals surface area contributed by atoms with Crippen molar-refractivity contribution in [3.8, 4) is 0 Å². The van der Waals surface area contributed by atoms with E-state index in [1.165, 1.54) is 19.1 Å². The Kier molecular flexibility index (Phi) is 3.87. The highest BCUT2D eigenvalue weighted by Crippen LogP contribution is 2.26. The fourth-order valence-electron chi connectivity index (χ4n) is 1.63. The maximum Gasteiger partial charge on any atom is 0.270 e. The first kappa shape index (κ1) is 14.6. The zero-order chi connectivity index (χ0) is 14.9. The third-order valence-electron chi connectivity index (χ3n) is 2.81. The smallest absolute Gasteiger partial charge is 0.258 e. The summed E-state index contributed by atoms with van der Waals surface area (Å²) in [6.07, 6.45) is 1.11. The molecule has 0 N–H and O–H groups in total. The van der Waals surface area contributed by atoms with Crippen LogP contribution in [-0.4, -0.2) is 34.4 Å². The van der Waals surface area contributed by atoms with Crippen molar-refractivity contribution < 1.29 is 13.3 Å². The number of rotatable bonds is 4. The molecule has 1 heterocycles. The zero-order valence-corrected chi connectivity index (χ0v) is 11.9. The Morgan fingerprint density at radius 3 is 2.70 bits per heavy atom. The monoisotopic (exact) mass is 315 g/mol. The molecule has 2 rings (SSSR count). The average molecular weight is 316 g/mol. The first-order valence-electron chi connectivity index (χ1n) is 5.57. The SMILES string of the molecule is CC(CCl)S(=O)(=O)c1ncnc2ccc([N+](=O)[O-])cc12. The number of benzene rings is 1. The van der Waals surface area contributed by atoms with Crippen LogP contribution < -0.4 is 0 Å². The van der Waals surface area contributed by atoms with Gasteiger partial charge in [0.25, 0.3) is 5.69 Å². The average Bonchev–Trinajstić information content (AvgIpc) is 2.44. The van der Waals surface area contributed by atoms with Gasteiger partial charge in [0.15, 0.2) is 14.9 Å².